The molecule has 0 aliphatic carbocycles. The van der Waals surface area contributed by atoms with Crippen molar-refractivity contribution in [3.8, 4) is 0 Å². The smallest absolute Gasteiger partial charge is 0.332 e. The van der Waals surface area contributed by atoms with E-state index in [-0.39, 0.29) is 17.8 Å². The van der Waals surface area contributed by atoms with Crippen molar-refractivity contribution in [1.29, 1.82) is 0 Å². The Balaban J connectivity index is 1.86. The molecule has 0 N–H and O–H groups in total. The highest BCUT2D eigenvalue weighted by atomic mass is 16.5. The van der Waals surface area contributed by atoms with Crippen LogP contribution in [0.25, 0.3) is 0 Å². The Morgan fingerprint density at radius 3 is 2.30 bits per heavy atom. The highest BCUT2D eigenvalue weighted by molar-refractivity contribution is 6.02. The van der Waals surface area contributed by atoms with E-state index in [0.717, 1.165) is 31.7 Å². The number of esters is 1. The van der Waals surface area contributed by atoms with Crippen molar-refractivity contribution in [2.75, 3.05) is 31.6 Å². The van der Waals surface area contributed by atoms with Gasteiger partial charge in [-0.15, -0.1) is 0 Å². The van der Waals surface area contributed by atoms with Gasteiger partial charge < -0.3 is 9.64 Å². The first-order chi connectivity index (χ1) is 14.5. The third kappa shape index (κ3) is 4.41. The van der Waals surface area contributed by atoms with Gasteiger partial charge in [-0.3, -0.25) is 9.69 Å². The lowest BCUT2D eigenvalue weighted by atomic mass is 9.76. The van der Waals surface area contributed by atoms with E-state index in [1.807, 2.05) is 43.3 Å². The molecule has 0 bridgehead atoms. The van der Waals surface area contributed by atoms with Crippen LogP contribution in [0, 0.1) is 5.92 Å². The minimum absolute atomic E-state index is 0.0591. The molecule has 2 aromatic rings. The molecule has 3 rings (SSSR count). The van der Waals surface area contributed by atoms with E-state index in [4.69, 9.17) is 4.74 Å². The van der Waals surface area contributed by atoms with Gasteiger partial charge in [-0.05, 0) is 30.5 Å². The van der Waals surface area contributed by atoms with E-state index in [9.17, 15) is 9.59 Å². The van der Waals surface area contributed by atoms with Crippen molar-refractivity contribution in [2.24, 2.45) is 5.92 Å². The number of methoxy groups -OCH3 is 1. The van der Waals surface area contributed by atoms with Gasteiger partial charge in [0.25, 0.3) is 0 Å². The van der Waals surface area contributed by atoms with Gasteiger partial charge in [-0.2, -0.15) is 0 Å². The fourth-order valence-corrected chi connectivity index (χ4v) is 4.58. The predicted molar refractivity (Wildman–Crippen MR) is 119 cm³/mol. The van der Waals surface area contributed by atoms with E-state index in [0.29, 0.717) is 12.8 Å². The summed E-state index contributed by atoms with van der Waals surface area (Å²) in [6.07, 6.45) is 1.85. The molecule has 1 unspecified atom stereocenters. The number of anilines is 1. The summed E-state index contributed by atoms with van der Waals surface area (Å²) in [7, 11) is 1.41. The third-order valence-electron chi connectivity index (χ3n) is 6.22. The molecule has 5 nitrogen and oxygen atoms in total. The third-order valence-corrected chi connectivity index (χ3v) is 6.22. The van der Waals surface area contributed by atoms with Gasteiger partial charge in [0.1, 0.15) is 5.54 Å². The summed E-state index contributed by atoms with van der Waals surface area (Å²) in [6.45, 7) is 6.31. The minimum atomic E-state index is -0.994. The van der Waals surface area contributed by atoms with Crippen molar-refractivity contribution in [3.05, 3.63) is 66.2 Å². The van der Waals surface area contributed by atoms with E-state index in [2.05, 4.69) is 36.1 Å². The maximum atomic E-state index is 13.2. The summed E-state index contributed by atoms with van der Waals surface area (Å²) >= 11 is 0. The second-order valence-corrected chi connectivity index (χ2v) is 8.02. The summed E-state index contributed by atoms with van der Waals surface area (Å²) in [4.78, 5) is 30.4. The van der Waals surface area contributed by atoms with Crippen molar-refractivity contribution in [3.63, 3.8) is 0 Å². The van der Waals surface area contributed by atoms with Crippen LogP contribution in [0.1, 0.15) is 32.3 Å². The van der Waals surface area contributed by atoms with Crippen LogP contribution in [0.3, 0.4) is 0 Å². The molecule has 30 heavy (non-hydrogen) atoms. The summed E-state index contributed by atoms with van der Waals surface area (Å²) < 4.78 is 5.27. The SMILES string of the molecule is CCC(=O)N(c1ccccc1)C1(C(=O)OC)CCN(CCc2ccccc2)C[C@H]1C. The Morgan fingerprint density at radius 1 is 1.10 bits per heavy atom. The average molecular weight is 409 g/mol. The fraction of sp³-hybridized carbons (Fsp3) is 0.440. The Bertz CT molecular complexity index is 840. The van der Waals surface area contributed by atoms with Crippen LogP contribution < -0.4 is 4.90 Å². The first kappa shape index (κ1) is 22.0. The second kappa shape index (κ2) is 9.90. The Labute approximate surface area is 179 Å². The lowest BCUT2D eigenvalue weighted by Crippen LogP contribution is -2.67. The molecule has 1 heterocycles. The Hall–Kier alpha value is -2.66. The number of nitrogens with zero attached hydrogens (tertiary/aromatic N) is 2. The fourth-order valence-electron chi connectivity index (χ4n) is 4.58. The van der Waals surface area contributed by atoms with E-state index >= 15 is 0 Å². The van der Waals surface area contributed by atoms with Gasteiger partial charge in [-0.1, -0.05) is 62.4 Å². The first-order valence-electron chi connectivity index (χ1n) is 10.8. The number of carbonyl (C=O) groups is 2. The van der Waals surface area contributed by atoms with Gasteiger partial charge in [0.2, 0.25) is 5.91 Å². The van der Waals surface area contributed by atoms with Crippen LogP contribution in [0.2, 0.25) is 0 Å². The molecule has 160 valence electrons. The van der Waals surface area contributed by atoms with Crippen LogP contribution in [0.4, 0.5) is 5.69 Å². The van der Waals surface area contributed by atoms with Crippen LogP contribution in [0.5, 0.6) is 0 Å². The number of hydrogen-bond acceptors (Lipinski definition) is 4. The van der Waals surface area contributed by atoms with Gasteiger partial charge >= 0.3 is 5.97 Å². The number of benzene rings is 2. The molecule has 1 saturated heterocycles. The molecule has 1 fully saturated rings. The van der Waals surface area contributed by atoms with Gasteiger partial charge in [-0.25, -0.2) is 4.79 Å². The van der Waals surface area contributed by atoms with Gasteiger partial charge in [0, 0.05) is 37.7 Å². The predicted octanol–water partition coefficient (Wildman–Crippen LogP) is 3.93. The number of likely N-dealkylation sites (tertiary alicyclic amines) is 1. The zero-order valence-electron chi connectivity index (χ0n) is 18.2. The van der Waals surface area contributed by atoms with Crippen LogP contribution in [-0.4, -0.2) is 49.1 Å². The first-order valence-corrected chi connectivity index (χ1v) is 10.8. The van der Waals surface area contributed by atoms with E-state index < -0.39 is 5.54 Å². The van der Waals surface area contributed by atoms with Crippen LogP contribution >= 0.6 is 0 Å². The number of carbonyl (C=O) groups excluding carboxylic acids is 2. The number of piperidine rings is 1. The van der Waals surface area contributed by atoms with E-state index in [1.54, 1.807) is 4.90 Å². The minimum Gasteiger partial charge on any atom is -0.467 e. The van der Waals surface area contributed by atoms with Gasteiger partial charge in [0.05, 0.1) is 7.11 Å². The highest BCUT2D eigenvalue weighted by Gasteiger charge is 2.54. The topological polar surface area (TPSA) is 49.9 Å². The van der Waals surface area contributed by atoms with Crippen molar-refractivity contribution in [1.82, 2.24) is 4.90 Å². The molecular weight excluding hydrogens is 376 g/mol. The molecule has 2 atom stereocenters. The number of hydrogen-bond donors (Lipinski definition) is 0. The Kier molecular flexibility index (Phi) is 7.27. The Morgan fingerprint density at radius 2 is 1.73 bits per heavy atom. The molecule has 0 aromatic heterocycles. The number of amides is 1. The monoisotopic (exact) mass is 408 g/mol. The summed E-state index contributed by atoms with van der Waals surface area (Å²) in [5.41, 5.74) is 1.06. The largest absolute Gasteiger partial charge is 0.467 e. The zero-order chi connectivity index (χ0) is 21.6. The summed E-state index contributed by atoms with van der Waals surface area (Å²) in [5, 5.41) is 0. The molecule has 0 radical (unpaired) electrons. The van der Waals surface area contributed by atoms with Crippen molar-refractivity contribution in [2.45, 2.75) is 38.6 Å². The van der Waals surface area contributed by atoms with Crippen LogP contribution in [0.15, 0.2) is 60.7 Å². The molecule has 5 heteroatoms. The maximum Gasteiger partial charge on any atom is 0.332 e. The number of para-hydroxylation sites is 1. The number of ether oxygens (including phenoxy) is 1. The lowest BCUT2D eigenvalue weighted by Gasteiger charge is -2.50. The van der Waals surface area contributed by atoms with Crippen molar-refractivity contribution < 1.29 is 14.3 Å². The number of rotatable bonds is 7. The normalized spacial score (nSPS) is 21.8. The average Bonchev–Trinajstić information content (AvgIpc) is 2.79. The van der Waals surface area contributed by atoms with Crippen LogP contribution in [-0.2, 0) is 20.7 Å². The maximum absolute atomic E-state index is 13.2. The summed E-state index contributed by atoms with van der Waals surface area (Å²) in [5.74, 6) is -0.454. The second-order valence-electron chi connectivity index (χ2n) is 8.02. The summed E-state index contributed by atoms with van der Waals surface area (Å²) in [6, 6.07) is 19.9. The quantitative estimate of drug-likeness (QED) is 0.652. The lowest BCUT2D eigenvalue weighted by molar-refractivity contribution is -0.153. The standard InChI is InChI=1S/C25H32N2O3/c1-4-23(28)27(22-13-9-6-10-14-22)25(24(29)30-3)16-18-26(19-20(25)2)17-15-21-11-7-5-8-12-21/h5-14,20H,4,15-19H2,1-3H3/t20-,25?/m1/s1. The highest BCUT2D eigenvalue weighted by Crippen LogP contribution is 2.39. The van der Waals surface area contributed by atoms with Gasteiger partial charge in [0.15, 0.2) is 0 Å². The zero-order valence-corrected chi connectivity index (χ0v) is 18.2. The molecule has 1 aliphatic heterocycles. The molecular formula is C25H32N2O3. The van der Waals surface area contributed by atoms with E-state index in [1.165, 1.54) is 12.7 Å². The molecule has 0 spiro atoms. The molecule has 1 amide bonds. The molecule has 2 aromatic carbocycles. The molecule has 0 saturated carbocycles. The molecule has 1 aliphatic rings. The van der Waals surface area contributed by atoms with Crippen molar-refractivity contribution >= 4 is 17.6 Å².